The van der Waals surface area contributed by atoms with Crippen LogP contribution in [0.3, 0.4) is 0 Å². The maximum Gasteiger partial charge on any atom is 0.336 e. The first-order valence-electron chi connectivity index (χ1n) is 6.88. The van der Waals surface area contributed by atoms with Crippen molar-refractivity contribution < 1.29 is 14.6 Å². The SMILES string of the molecule is O=C(O)c1ccccc1CN1CCOC[C@H]1c1ccn[nH]1. The average molecular weight is 287 g/mol. The molecule has 2 heterocycles. The fourth-order valence-electron chi connectivity index (χ4n) is 2.65. The minimum absolute atomic E-state index is 0.0723. The summed E-state index contributed by atoms with van der Waals surface area (Å²) in [7, 11) is 0. The summed E-state index contributed by atoms with van der Waals surface area (Å²) >= 11 is 0. The normalized spacial score (nSPS) is 19.5. The Hall–Kier alpha value is -2.18. The number of aromatic carboxylic acids is 1. The highest BCUT2D eigenvalue weighted by Crippen LogP contribution is 2.25. The quantitative estimate of drug-likeness (QED) is 0.894. The minimum atomic E-state index is -0.892. The molecule has 1 saturated heterocycles. The summed E-state index contributed by atoms with van der Waals surface area (Å²) in [6.45, 7) is 2.57. The largest absolute Gasteiger partial charge is 0.478 e. The molecular weight excluding hydrogens is 270 g/mol. The lowest BCUT2D eigenvalue weighted by atomic mass is 10.0. The van der Waals surface area contributed by atoms with Crippen molar-refractivity contribution in [1.82, 2.24) is 15.1 Å². The summed E-state index contributed by atoms with van der Waals surface area (Å²) in [4.78, 5) is 13.5. The van der Waals surface area contributed by atoms with Crippen molar-refractivity contribution in [3.63, 3.8) is 0 Å². The number of ether oxygens (including phenoxy) is 1. The number of carboxylic acids is 1. The fourth-order valence-corrected chi connectivity index (χ4v) is 2.65. The highest BCUT2D eigenvalue weighted by Gasteiger charge is 2.26. The third kappa shape index (κ3) is 2.96. The van der Waals surface area contributed by atoms with Crippen molar-refractivity contribution in [2.45, 2.75) is 12.6 Å². The molecule has 1 aromatic heterocycles. The number of rotatable bonds is 4. The highest BCUT2D eigenvalue weighted by molar-refractivity contribution is 5.89. The molecule has 6 heteroatoms. The number of carboxylic acid groups (broad SMARTS) is 1. The lowest BCUT2D eigenvalue weighted by molar-refractivity contribution is -0.0144. The van der Waals surface area contributed by atoms with Gasteiger partial charge in [0.2, 0.25) is 0 Å². The predicted octanol–water partition coefficient (Wildman–Crippen LogP) is 1.68. The standard InChI is InChI=1S/C15H17N3O3/c19-15(20)12-4-2-1-3-11(12)9-18-7-8-21-10-14(18)13-5-6-16-17-13/h1-6,14H,7-10H2,(H,16,17)(H,19,20)/t14-/m0/s1. The zero-order chi connectivity index (χ0) is 14.7. The number of aromatic nitrogens is 2. The summed E-state index contributed by atoms with van der Waals surface area (Å²) in [5.41, 5.74) is 2.16. The maximum atomic E-state index is 11.3. The minimum Gasteiger partial charge on any atom is -0.478 e. The molecule has 1 aromatic carbocycles. The van der Waals surface area contributed by atoms with Crippen molar-refractivity contribution >= 4 is 5.97 Å². The van der Waals surface area contributed by atoms with Gasteiger partial charge in [0, 0.05) is 19.3 Å². The Kier molecular flexibility index (Phi) is 3.98. The van der Waals surface area contributed by atoms with E-state index in [-0.39, 0.29) is 6.04 Å². The molecule has 2 N–H and O–H groups in total. The van der Waals surface area contributed by atoms with E-state index < -0.39 is 5.97 Å². The van der Waals surface area contributed by atoms with Gasteiger partial charge in [-0.2, -0.15) is 5.10 Å². The number of carbonyl (C=O) groups is 1. The van der Waals surface area contributed by atoms with Crippen molar-refractivity contribution in [1.29, 1.82) is 0 Å². The second-order valence-electron chi connectivity index (χ2n) is 5.04. The molecule has 1 fully saturated rings. The van der Waals surface area contributed by atoms with Crippen LogP contribution in [0.2, 0.25) is 0 Å². The molecule has 0 unspecified atom stereocenters. The number of H-pyrrole nitrogens is 1. The van der Waals surface area contributed by atoms with Crippen molar-refractivity contribution in [2.24, 2.45) is 0 Å². The zero-order valence-electron chi connectivity index (χ0n) is 11.5. The van der Waals surface area contributed by atoms with E-state index in [9.17, 15) is 9.90 Å². The summed E-state index contributed by atoms with van der Waals surface area (Å²) in [5.74, 6) is -0.892. The van der Waals surface area contributed by atoms with Gasteiger partial charge < -0.3 is 9.84 Å². The van der Waals surface area contributed by atoms with E-state index in [1.54, 1.807) is 18.3 Å². The van der Waals surface area contributed by atoms with Crippen LogP contribution in [0.5, 0.6) is 0 Å². The number of morpholine rings is 1. The van der Waals surface area contributed by atoms with Crippen LogP contribution in [0, 0.1) is 0 Å². The molecule has 0 spiro atoms. The molecule has 0 aliphatic carbocycles. The smallest absolute Gasteiger partial charge is 0.336 e. The summed E-state index contributed by atoms with van der Waals surface area (Å²) in [6, 6.07) is 9.12. The number of hydrogen-bond donors (Lipinski definition) is 2. The molecule has 1 aliphatic heterocycles. The van der Waals surface area contributed by atoms with Crippen LogP contribution < -0.4 is 0 Å². The van der Waals surface area contributed by atoms with Gasteiger partial charge in [-0.3, -0.25) is 10.00 Å². The number of benzene rings is 1. The monoisotopic (exact) mass is 287 g/mol. The van der Waals surface area contributed by atoms with Crippen LogP contribution >= 0.6 is 0 Å². The molecule has 1 aliphatic rings. The molecule has 6 nitrogen and oxygen atoms in total. The number of nitrogens with one attached hydrogen (secondary N) is 1. The summed E-state index contributed by atoms with van der Waals surface area (Å²) in [6.07, 6.45) is 1.72. The van der Waals surface area contributed by atoms with Crippen LogP contribution in [0.15, 0.2) is 36.5 Å². The van der Waals surface area contributed by atoms with E-state index in [1.807, 2.05) is 18.2 Å². The Labute approximate surface area is 122 Å². The van der Waals surface area contributed by atoms with E-state index in [0.29, 0.717) is 25.3 Å². The lowest BCUT2D eigenvalue weighted by Gasteiger charge is -2.35. The van der Waals surface area contributed by atoms with Gasteiger partial charge in [-0.25, -0.2) is 4.79 Å². The number of aromatic amines is 1. The van der Waals surface area contributed by atoms with Crippen LogP contribution in [0.4, 0.5) is 0 Å². The van der Waals surface area contributed by atoms with E-state index in [1.165, 1.54) is 0 Å². The van der Waals surface area contributed by atoms with Gasteiger partial charge in [0.05, 0.1) is 30.5 Å². The van der Waals surface area contributed by atoms with Gasteiger partial charge >= 0.3 is 5.97 Å². The maximum absolute atomic E-state index is 11.3. The Bertz CT molecular complexity index is 612. The van der Waals surface area contributed by atoms with Crippen molar-refractivity contribution in [3.05, 3.63) is 53.3 Å². The van der Waals surface area contributed by atoms with Gasteiger partial charge in [0.15, 0.2) is 0 Å². The number of nitrogens with zero attached hydrogens (tertiary/aromatic N) is 2. The number of hydrogen-bond acceptors (Lipinski definition) is 4. The molecule has 21 heavy (non-hydrogen) atoms. The topological polar surface area (TPSA) is 78.4 Å². The lowest BCUT2D eigenvalue weighted by Crippen LogP contribution is -2.39. The second-order valence-corrected chi connectivity index (χ2v) is 5.04. The van der Waals surface area contributed by atoms with Crippen LogP contribution in [-0.4, -0.2) is 45.9 Å². The molecular formula is C15H17N3O3. The van der Waals surface area contributed by atoms with Gasteiger partial charge in [0.25, 0.3) is 0 Å². The van der Waals surface area contributed by atoms with E-state index in [4.69, 9.17) is 4.74 Å². The highest BCUT2D eigenvalue weighted by atomic mass is 16.5. The molecule has 2 aromatic rings. The molecule has 0 amide bonds. The zero-order valence-corrected chi connectivity index (χ0v) is 11.5. The van der Waals surface area contributed by atoms with Crippen molar-refractivity contribution in [2.75, 3.05) is 19.8 Å². The Balaban J connectivity index is 1.84. The first-order chi connectivity index (χ1) is 10.3. The third-order valence-corrected chi connectivity index (χ3v) is 3.74. The Morgan fingerprint density at radius 2 is 2.29 bits per heavy atom. The van der Waals surface area contributed by atoms with Crippen LogP contribution in [0.25, 0.3) is 0 Å². The van der Waals surface area contributed by atoms with E-state index in [0.717, 1.165) is 17.8 Å². The molecule has 0 saturated carbocycles. The van der Waals surface area contributed by atoms with Gasteiger partial charge in [-0.15, -0.1) is 0 Å². The molecule has 110 valence electrons. The van der Waals surface area contributed by atoms with Crippen LogP contribution in [0.1, 0.15) is 27.7 Å². The third-order valence-electron chi connectivity index (χ3n) is 3.74. The summed E-state index contributed by atoms with van der Waals surface area (Å²) < 4.78 is 5.55. The Morgan fingerprint density at radius 1 is 1.43 bits per heavy atom. The van der Waals surface area contributed by atoms with E-state index >= 15 is 0 Å². The predicted molar refractivity (Wildman–Crippen MR) is 76.0 cm³/mol. The average Bonchev–Trinajstić information content (AvgIpc) is 3.02. The first-order valence-corrected chi connectivity index (χ1v) is 6.88. The fraction of sp³-hybridized carbons (Fsp3) is 0.333. The molecule has 0 radical (unpaired) electrons. The van der Waals surface area contributed by atoms with Gasteiger partial charge in [-0.1, -0.05) is 18.2 Å². The van der Waals surface area contributed by atoms with Crippen LogP contribution in [-0.2, 0) is 11.3 Å². The van der Waals surface area contributed by atoms with Gasteiger partial charge in [-0.05, 0) is 17.7 Å². The van der Waals surface area contributed by atoms with Crippen molar-refractivity contribution in [3.8, 4) is 0 Å². The molecule has 1 atom stereocenters. The summed E-state index contributed by atoms with van der Waals surface area (Å²) in [5, 5.41) is 16.2. The van der Waals surface area contributed by atoms with Gasteiger partial charge in [0.1, 0.15) is 0 Å². The first kappa shape index (κ1) is 13.8. The molecule has 0 bridgehead atoms. The second kappa shape index (κ2) is 6.07. The van der Waals surface area contributed by atoms with E-state index in [2.05, 4.69) is 15.1 Å². The Morgan fingerprint density at radius 3 is 3.05 bits per heavy atom. The molecule has 3 rings (SSSR count).